The number of hydrogen-bond donors (Lipinski definition) is 1. The Morgan fingerprint density at radius 1 is 1.21 bits per heavy atom. The number of carbonyl (C=O) groups is 1. The molecule has 7 nitrogen and oxygen atoms in total. The van der Waals surface area contributed by atoms with Crippen molar-refractivity contribution < 1.29 is 4.79 Å². The normalized spacial score (nSPS) is 14.0. The van der Waals surface area contributed by atoms with Gasteiger partial charge in [0.05, 0.1) is 28.5 Å². The summed E-state index contributed by atoms with van der Waals surface area (Å²) in [6, 6.07) is 3.77. The number of amides is 1. The van der Waals surface area contributed by atoms with Crippen LogP contribution in [0.25, 0.3) is 11.3 Å². The van der Waals surface area contributed by atoms with E-state index in [9.17, 15) is 4.79 Å². The molecule has 0 unspecified atom stereocenters. The van der Waals surface area contributed by atoms with Gasteiger partial charge in [-0.3, -0.25) is 9.78 Å². The number of nitrogens with zero attached hydrogens (tertiary/aromatic N) is 5. The maximum absolute atomic E-state index is 12.9. The highest BCUT2D eigenvalue weighted by molar-refractivity contribution is 7.09. The molecule has 1 fully saturated rings. The quantitative estimate of drug-likeness (QED) is 0.672. The Morgan fingerprint density at radius 2 is 2.07 bits per heavy atom. The Bertz CT molecular complexity index is 968. The SMILES string of the molecule is CCc1nc(CNC(=O)c2cnc(N3CCCCC3)nc2-c2cccnc2)cs1. The van der Waals surface area contributed by atoms with Crippen molar-refractivity contribution in [3.05, 3.63) is 52.4 Å². The van der Waals surface area contributed by atoms with Gasteiger partial charge in [0.1, 0.15) is 0 Å². The van der Waals surface area contributed by atoms with Gasteiger partial charge in [-0.15, -0.1) is 11.3 Å². The number of pyridine rings is 1. The number of piperidine rings is 1. The number of anilines is 1. The van der Waals surface area contributed by atoms with E-state index in [1.165, 1.54) is 6.42 Å². The van der Waals surface area contributed by atoms with Gasteiger partial charge in [-0.05, 0) is 37.8 Å². The van der Waals surface area contributed by atoms with E-state index in [1.807, 2.05) is 17.5 Å². The van der Waals surface area contributed by atoms with Crippen LogP contribution in [-0.4, -0.2) is 38.9 Å². The van der Waals surface area contributed by atoms with Gasteiger partial charge in [-0.1, -0.05) is 6.92 Å². The number of aromatic nitrogens is 4. The number of rotatable bonds is 6. The molecule has 0 saturated carbocycles. The molecule has 0 atom stereocenters. The average Bonchev–Trinajstić information content (AvgIpc) is 3.26. The molecule has 4 heterocycles. The van der Waals surface area contributed by atoms with Crippen LogP contribution in [-0.2, 0) is 13.0 Å². The fraction of sp³-hybridized carbons (Fsp3) is 0.381. The van der Waals surface area contributed by atoms with Crippen molar-refractivity contribution in [2.24, 2.45) is 0 Å². The molecule has 0 aliphatic carbocycles. The first-order valence-electron chi connectivity index (χ1n) is 9.98. The van der Waals surface area contributed by atoms with Crippen molar-refractivity contribution in [3.63, 3.8) is 0 Å². The number of aryl methyl sites for hydroxylation is 1. The minimum Gasteiger partial charge on any atom is -0.346 e. The molecule has 0 spiro atoms. The Kier molecular flexibility index (Phi) is 6.09. The minimum atomic E-state index is -0.208. The van der Waals surface area contributed by atoms with E-state index in [1.54, 1.807) is 29.9 Å². The molecule has 1 aliphatic heterocycles. The fourth-order valence-corrected chi connectivity index (χ4v) is 4.11. The highest BCUT2D eigenvalue weighted by Gasteiger charge is 2.20. The zero-order valence-corrected chi connectivity index (χ0v) is 17.3. The largest absolute Gasteiger partial charge is 0.346 e. The molecule has 29 heavy (non-hydrogen) atoms. The lowest BCUT2D eigenvalue weighted by atomic mass is 10.1. The Morgan fingerprint density at radius 3 is 2.79 bits per heavy atom. The van der Waals surface area contributed by atoms with Gasteiger partial charge in [-0.25, -0.2) is 15.0 Å². The molecule has 4 rings (SSSR count). The van der Waals surface area contributed by atoms with Crippen LogP contribution in [0.1, 0.15) is 47.2 Å². The Balaban J connectivity index is 1.59. The molecule has 3 aromatic rings. The monoisotopic (exact) mass is 408 g/mol. The Labute approximate surface area is 174 Å². The lowest BCUT2D eigenvalue weighted by molar-refractivity contribution is 0.0950. The number of hydrogen-bond acceptors (Lipinski definition) is 7. The van der Waals surface area contributed by atoms with Crippen LogP contribution in [0, 0.1) is 0 Å². The minimum absolute atomic E-state index is 0.208. The van der Waals surface area contributed by atoms with Gasteiger partial charge in [0, 0.05) is 42.6 Å². The lowest BCUT2D eigenvalue weighted by Gasteiger charge is -2.27. The second-order valence-electron chi connectivity index (χ2n) is 6.99. The van der Waals surface area contributed by atoms with Crippen LogP contribution in [0.3, 0.4) is 0 Å². The van der Waals surface area contributed by atoms with Crippen molar-refractivity contribution in [2.45, 2.75) is 39.2 Å². The first kappa shape index (κ1) is 19.4. The standard InChI is InChI=1S/C21H24N6OS/c1-2-18-25-16(14-29-18)12-23-20(28)17-13-24-21(27-9-4-3-5-10-27)26-19(17)15-7-6-8-22-11-15/h6-8,11,13-14H,2-5,9-10,12H2,1H3,(H,23,28). The number of thiazole rings is 1. The molecule has 8 heteroatoms. The zero-order valence-electron chi connectivity index (χ0n) is 16.5. The molecule has 1 aliphatic rings. The molecular weight excluding hydrogens is 384 g/mol. The summed E-state index contributed by atoms with van der Waals surface area (Å²) in [5, 5.41) is 6.01. The highest BCUT2D eigenvalue weighted by Crippen LogP contribution is 2.24. The molecule has 150 valence electrons. The lowest BCUT2D eigenvalue weighted by Crippen LogP contribution is -2.31. The summed E-state index contributed by atoms with van der Waals surface area (Å²) in [4.78, 5) is 33.1. The van der Waals surface area contributed by atoms with Crippen molar-refractivity contribution in [3.8, 4) is 11.3 Å². The maximum atomic E-state index is 12.9. The molecule has 0 aromatic carbocycles. The van der Waals surface area contributed by atoms with Gasteiger partial charge < -0.3 is 10.2 Å². The molecule has 1 N–H and O–H groups in total. The van der Waals surface area contributed by atoms with E-state index >= 15 is 0 Å². The first-order chi connectivity index (χ1) is 14.2. The van der Waals surface area contributed by atoms with Gasteiger partial charge >= 0.3 is 0 Å². The molecular formula is C21H24N6OS. The summed E-state index contributed by atoms with van der Waals surface area (Å²) in [7, 11) is 0. The van der Waals surface area contributed by atoms with Crippen molar-refractivity contribution >= 4 is 23.2 Å². The molecule has 1 saturated heterocycles. The third kappa shape index (κ3) is 4.59. The third-order valence-electron chi connectivity index (χ3n) is 4.93. The highest BCUT2D eigenvalue weighted by atomic mass is 32.1. The summed E-state index contributed by atoms with van der Waals surface area (Å²) < 4.78 is 0. The summed E-state index contributed by atoms with van der Waals surface area (Å²) in [6.45, 7) is 4.35. The van der Waals surface area contributed by atoms with Crippen LogP contribution < -0.4 is 10.2 Å². The summed E-state index contributed by atoms with van der Waals surface area (Å²) in [6.07, 6.45) is 9.49. The van der Waals surface area contributed by atoms with Gasteiger partial charge in [0.15, 0.2) is 0 Å². The fourth-order valence-electron chi connectivity index (χ4n) is 3.37. The van der Waals surface area contributed by atoms with E-state index in [2.05, 4.69) is 32.1 Å². The van der Waals surface area contributed by atoms with Crippen molar-refractivity contribution in [1.82, 2.24) is 25.3 Å². The van der Waals surface area contributed by atoms with Crippen LogP contribution in [0.15, 0.2) is 36.1 Å². The molecule has 0 radical (unpaired) electrons. The summed E-state index contributed by atoms with van der Waals surface area (Å²) in [5.74, 6) is 0.465. The second-order valence-corrected chi connectivity index (χ2v) is 7.93. The van der Waals surface area contributed by atoms with Crippen LogP contribution in [0.4, 0.5) is 5.95 Å². The van der Waals surface area contributed by atoms with Crippen molar-refractivity contribution in [2.75, 3.05) is 18.0 Å². The van der Waals surface area contributed by atoms with Crippen molar-refractivity contribution in [1.29, 1.82) is 0 Å². The number of nitrogens with one attached hydrogen (secondary N) is 1. The van der Waals surface area contributed by atoms with Crippen LogP contribution in [0.2, 0.25) is 0 Å². The second kappa shape index (κ2) is 9.09. The number of carbonyl (C=O) groups excluding carboxylic acids is 1. The third-order valence-corrected chi connectivity index (χ3v) is 5.97. The van der Waals surface area contributed by atoms with E-state index < -0.39 is 0 Å². The van der Waals surface area contributed by atoms with Crippen LogP contribution in [0.5, 0.6) is 0 Å². The first-order valence-corrected chi connectivity index (χ1v) is 10.9. The predicted octanol–water partition coefficient (Wildman–Crippen LogP) is 3.48. The molecule has 1 amide bonds. The van der Waals surface area contributed by atoms with Gasteiger partial charge in [0.2, 0.25) is 5.95 Å². The zero-order chi connectivity index (χ0) is 20.1. The van der Waals surface area contributed by atoms with E-state index in [0.717, 1.165) is 48.6 Å². The van der Waals surface area contributed by atoms with Crippen LogP contribution >= 0.6 is 11.3 Å². The van der Waals surface area contributed by atoms with Gasteiger partial charge in [-0.2, -0.15) is 0 Å². The van der Waals surface area contributed by atoms with E-state index in [4.69, 9.17) is 4.98 Å². The molecule has 3 aromatic heterocycles. The topological polar surface area (TPSA) is 83.9 Å². The average molecular weight is 409 g/mol. The maximum Gasteiger partial charge on any atom is 0.255 e. The smallest absolute Gasteiger partial charge is 0.255 e. The predicted molar refractivity (Wildman–Crippen MR) is 114 cm³/mol. The van der Waals surface area contributed by atoms with E-state index in [0.29, 0.717) is 23.8 Å². The Hall–Kier alpha value is -2.87. The molecule has 0 bridgehead atoms. The van der Waals surface area contributed by atoms with Gasteiger partial charge in [0.25, 0.3) is 5.91 Å². The summed E-state index contributed by atoms with van der Waals surface area (Å²) in [5.41, 5.74) is 2.73. The van der Waals surface area contributed by atoms with E-state index in [-0.39, 0.29) is 5.91 Å². The summed E-state index contributed by atoms with van der Waals surface area (Å²) >= 11 is 1.61.